The smallest absolute Gasteiger partial charge is 0.416 e. The number of alkyl halides is 3. The molecule has 0 unspecified atom stereocenters. The molecule has 252 valence electrons. The average molecular weight is 640 g/mol. The van der Waals surface area contributed by atoms with Crippen LogP contribution in [0.1, 0.15) is 75.3 Å². The molecule has 1 aliphatic carbocycles. The van der Waals surface area contributed by atoms with Crippen LogP contribution in [-0.2, 0) is 30.0 Å². The number of methoxy groups -OCH3 is 2. The van der Waals surface area contributed by atoms with Gasteiger partial charge in [0, 0.05) is 71.2 Å². The minimum absolute atomic E-state index is 0.0872. The van der Waals surface area contributed by atoms with Crippen LogP contribution < -0.4 is 4.90 Å². The molecule has 3 saturated heterocycles. The summed E-state index contributed by atoms with van der Waals surface area (Å²) in [5, 5.41) is 9.45. The van der Waals surface area contributed by atoms with Crippen LogP contribution in [-0.4, -0.2) is 111 Å². The summed E-state index contributed by atoms with van der Waals surface area (Å²) < 4.78 is 58.9. The first-order valence-corrected chi connectivity index (χ1v) is 16.4. The molecular formula is C33H48F3N3O6. The maximum atomic E-state index is 14.4. The molecule has 9 nitrogen and oxygen atoms in total. The van der Waals surface area contributed by atoms with E-state index in [9.17, 15) is 27.9 Å². The van der Waals surface area contributed by atoms with Crippen molar-refractivity contribution in [3.05, 3.63) is 29.3 Å². The number of anilines is 1. The fourth-order valence-corrected chi connectivity index (χ4v) is 8.07. The number of carbonyl (C=O) groups is 2. The van der Waals surface area contributed by atoms with E-state index in [-0.39, 0.29) is 17.9 Å². The third kappa shape index (κ3) is 7.29. The van der Waals surface area contributed by atoms with Crippen LogP contribution in [0.15, 0.2) is 18.2 Å². The highest BCUT2D eigenvalue weighted by Crippen LogP contribution is 2.43. The molecule has 5 rings (SSSR count). The summed E-state index contributed by atoms with van der Waals surface area (Å²) in [5.41, 5.74) is -0.501. The van der Waals surface area contributed by atoms with Crippen molar-refractivity contribution in [2.75, 3.05) is 65.1 Å². The fraction of sp³-hybridized carbons (Fsp3) is 0.758. The first kappa shape index (κ1) is 33.9. The maximum absolute atomic E-state index is 14.4. The molecule has 3 aliphatic heterocycles. The molecule has 4 fully saturated rings. The van der Waals surface area contributed by atoms with Crippen molar-refractivity contribution in [3.63, 3.8) is 0 Å². The summed E-state index contributed by atoms with van der Waals surface area (Å²) in [5.74, 6) is -1.67. The lowest BCUT2D eigenvalue weighted by Crippen LogP contribution is -2.54. The Labute approximate surface area is 263 Å². The van der Waals surface area contributed by atoms with E-state index in [1.807, 2.05) is 16.7 Å². The number of hydrogen-bond acceptors (Lipinski definition) is 7. The second-order valence-corrected chi connectivity index (χ2v) is 13.2. The number of likely N-dealkylation sites (tertiary alicyclic amines) is 2. The Bertz CT molecular complexity index is 1180. The van der Waals surface area contributed by atoms with Gasteiger partial charge in [0.25, 0.3) is 5.91 Å². The number of rotatable bonds is 10. The second-order valence-electron chi connectivity index (χ2n) is 13.2. The first-order valence-electron chi connectivity index (χ1n) is 16.4. The van der Waals surface area contributed by atoms with Crippen LogP contribution in [0.5, 0.6) is 0 Å². The quantitative estimate of drug-likeness (QED) is 0.392. The molecule has 1 N–H and O–H groups in total. The number of amides is 1. The number of halogens is 3. The van der Waals surface area contributed by atoms with Crippen molar-refractivity contribution in [2.24, 2.45) is 5.92 Å². The number of aliphatic carboxylic acids is 1. The molecule has 1 aromatic rings. The normalized spacial score (nSPS) is 30.3. The number of carboxylic acid groups (broad SMARTS) is 1. The highest BCUT2D eigenvalue weighted by atomic mass is 19.4. The molecule has 0 bridgehead atoms. The van der Waals surface area contributed by atoms with Crippen molar-refractivity contribution in [1.29, 1.82) is 0 Å². The van der Waals surface area contributed by atoms with E-state index in [4.69, 9.17) is 14.2 Å². The molecule has 1 amide bonds. The Morgan fingerprint density at radius 2 is 1.76 bits per heavy atom. The number of carbonyl (C=O) groups excluding carboxylic acids is 1. The lowest BCUT2D eigenvalue weighted by atomic mass is 9.91. The predicted octanol–water partition coefficient (Wildman–Crippen LogP) is 4.78. The first-order chi connectivity index (χ1) is 21.5. The van der Waals surface area contributed by atoms with Gasteiger partial charge < -0.3 is 29.1 Å². The fourth-order valence-electron chi connectivity index (χ4n) is 8.07. The van der Waals surface area contributed by atoms with Gasteiger partial charge in [-0.15, -0.1) is 0 Å². The van der Waals surface area contributed by atoms with E-state index in [1.54, 1.807) is 20.3 Å². The monoisotopic (exact) mass is 639 g/mol. The second kappa shape index (κ2) is 14.1. The van der Waals surface area contributed by atoms with Gasteiger partial charge in [-0.1, -0.05) is 6.07 Å². The molecule has 3 atom stereocenters. The number of ether oxygens (including phenoxy) is 3. The van der Waals surface area contributed by atoms with Crippen LogP contribution in [0.2, 0.25) is 0 Å². The Hall–Kier alpha value is -2.41. The summed E-state index contributed by atoms with van der Waals surface area (Å²) in [6.45, 7) is 5.40. The lowest BCUT2D eigenvalue weighted by molar-refractivity contribution is -0.155. The highest BCUT2D eigenvalue weighted by molar-refractivity contribution is 5.87. The molecule has 12 heteroatoms. The third-order valence-corrected chi connectivity index (χ3v) is 10.6. The topological polar surface area (TPSA) is 91.8 Å². The molecule has 0 radical (unpaired) electrons. The lowest BCUT2D eigenvalue weighted by Gasteiger charge is -2.37. The van der Waals surface area contributed by atoms with Crippen molar-refractivity contribution >= 4 is 17.6 Å². The molecule has 1 saturated carbocycles. The highest BCUT2D eigenvalue weighted by Gasteiger charge is 2.52. The minimum atomic E-state index is -4.51. The molecule has 0 aromatic heterocycles. The summed E-state index contributed by atoms with van der Waals surface area (Å²) in [6.07, 6.45) is 1.73. The molecule has 4 aliphatic rings. The zero-order chi connectivity index (χ0) is 32.4. The largest absolute Gasteiger partial charge is 0.481 e. The Morgan fingerprint density at radius 1 is 1.04 bits per heavy atom. The summed E-state index contributed by atoms with van der Waals surface area (Å²) >= 11 is 0. The summed E-state index contributed by atoms with van der Waals surface area (Å²) in [7, 11) is 3.19. The van der Waals surface area contributed by atoms with Crippen LogP contribution in [0.25, 0.3) is 0 Å². The number of piperidine rings is 1. The van der Waals surface area contributed by atoms with E-state index in [0.717, 1.165) is 50.5 Å². The zero-order valence-corrected chi connectivity index (χ0v) is 26.7. The van der Waals surface area contributed by atoms with Gasteiger partial charge in [0.15, 0.2) is 5.60 Å². The van der Waals surface area contributed by atoms with Crippen LogP contribution in [0, 0.1) is 5.92 Å². The van der Waals surface area contributed by atoms with Crippen molar-refractivity contribution in [3.8, 4) is 0 Å². The Balaban J connectivity index is 1.35. The molecule has 45 heavy (non-hydrogen) atoms. The van der Waals surface area contributed by atoms with Crippen molar-refractivity contribution < 1.29 is 42.1 Å². The minimum Gasteiger partial charge on any atom is -0.481 e. The van der Waals surface area contributed by atoms with Crippen LogP contribution >= 0.6 is 0 Å². The number of carboxylic acids is 1. The van der Waals surface area contributed by atoms with E-state index in [1.165, 1.54) is 6.07 Å². The Kier molecular flexibility index (Phi) is 10.7. The van der Waals surface area contributed by atoms with E-state index >= 15 is 0 Å². The standard InChI is InChI=1S/C33H48F3N3O6/c1-4-45-27-8-6-25(7-9-27)38-16-13-32(21-38,44-3)31(42)39-19-23(17-26(39)20-43-2)28-10-5-24(33(34,35)36)18-29(28)37-14-11-22(12-15-37)30(40)41/h5,10,18,22-23,25-27H,4,6-9,11-17,19-21H2,1-3H3,(H,40,41)/t23-,25?,26+,27?,32-/m1/s1. The number of benzene rings is 1. The molecular weight excluding hydrogens is 591 g/mol. The molecule has 1 aromatic carbocycles. The molecule has 0 spiro atoms. The van der Waals surface area contributed by atoms with E-state index in [0.29, 0.717) is 76.3 Å². The SMILES string of the molecule is CCOC1CCC(N2CC[C@](OC)(C(=O)N3C[C@H](c4ccc(C(F)(F)F)cc4N4CCC(C(=O)O)CC4)C[C@H]3COC)C2)CC1. The van der Waals surface area contributed by atoms with Gasteiger partial charge in [-0.05, 0) is 76.0 Å². The van der Waals surface area contributed by atoms with E-state index in [2.05, 4.69) is 4.90 Å². The maximum Gasteiger partial charge on any atom is 0.416 e. The van der Waals surface area contributed by atoms with Gasteiger partial charge in [-0.25, -0.2) is 0 Å². The third-order valence-electron chi connectivity index (χ3n) is 10.6. The van der Waals surface area contributed by atoms with Gasteiger partial charge in [0.2, 0.25) is 0 Å². The number of hydrogen-bond donors (Lipinski definition) is 1. The van der Waals surface area contributed by atoms with Gasteiger partial charge >= 0.3 is 12.1 Å². The molecule has 3 heterocycles. The van der Waals surface area contributed by atoms with E-state index < -0.39 is 29.2 Å². The summed E-state index contributed by atoms with van der Waals surface area (Å²) in [6, 6.07) is 3.99. The van der Waals surface area contributed by atoms with Gasteiger partial charge in [0.05, 0.1) is 30.2 Å². The van der Waals surface area contributed by atoms with Crippen LogP contribution in [0.4, 0.5) is 18.9 Å². The average Bonchev–Trinajstić information content (AvgIpc) is 3.66. The predicted molar refractivity (Wildman–Crippen MR) is 162 cm³/mol. The van der Waals surface area contributed by atoms with Crippen molar-refractivity contribution in [2.45, 2.75) is 94.2 Å². The van der Waals surface area contributed by atoms with Crippen LogP contribution in [0.3, 0.4) is 0 Å². The summed E-state index contributed by atoms with van der Waals surface area (Å²) in [4.78, 5) is 32.0. The van der Waals surface area contributed by atoms with Gasteiger partial charge in [-0.3, -0.25) is 14.5 Å². The zero-order valence-electron chi connectivity index (χ0n) is 26.7. The Morgan fingerprint density at radius 3 is 2.36 bits per heavy atom. The van der Waals surface area contributed by atoms with Crippen molar-refractivity contribution in [1.82, 2.24) is 9.80 Å². The van der Waals surface area contributed by atoms with Gasteiger partial charge in [0.1, 0.15) is 0 Å². The number of nitrogens with zero attached hydrogens (tertiary/aromatic N) is 3. The van der Waals surface area contributed by atoms with Gasteiger partial charge in [-0.2, -0.15) is 13.2 Å².